The lowest BCUT2D eigenvalue weighted by Gasteiger charge is -2.41. The molecule has 1 aliphatic rings. The minimum atomic E-state index is -0.828. The highest BCUT2D eigenvalue weighted by Gasteiger charge is 2.36. The Morgan fingerprint density at radius 2 is 2.06 bits per heavy atom. The second kappa shape index (κ2) is 5.72. The molecule has 16 heavy (non-hydrogen) atoms. The second-order valence-corrected chi connectivity index (χ2v) is 4.37. The summed E-state index contributed by atoms with van der Waals surface area (Å²) in [5, 5.41) is 14.1. The van der Waals surface area contributed by atoms with E-state index in [1.165, 1.54) is 6.42 Å². The Bertz CT molecular complexity index is 256. The Morgan fingerprint density at radius 3 is 2.50 bits per heavy atom. The molecule has 0 saturated heterocycles. The molecule has 1 rings (SSSR count). The van der Waals surface area contributed by atoms with Gasteiger partial charge in [-0.25, -0.2) is 4.79 Å². The zero-order valence-electron chi connectivity index (χ0n) is 9.71. The number of carbonyl (C=O) groups is 2. The van der Waals surface area contributed by atoms with Crippen molar-refractivity contribution in [1.29, 1.82) is 0 Å². The van der Waals surface area contributed by atoms with E-state index in [1.54, 1.807) is 0 Å². The molecule has 0 radical (unpaired) electrons. The molecule has 5 heteroatoms. The van der Waals surface area contributed by atoms with Gasteiger partial charge in [-0.05, 0) is 32.1 Å². The number of carbonyl (C=O) groups excluding carboxylic acids is 1. The van der Waals surface area contributed by atoms with Crippen LogP contribution in [0.4, 0.5) is 4.79 Å². The zero-order chi connectivity index (χ0) is 12.0. The standard InChI is InChI=1S/C11H20N2O3/c1-2-11(6-4-7-11)13-10(16)12-8-3-5-9(14)15/h2-8H2,1H3,(H,14,15)(H2,12,13,16). The number of nitrogens with one attached hydrogen (secondary N) is 2. The van der Waals surface area contributed by atoms with Gasteiger partial charge in [0, 0.05) is 18.5 Å². The molecule has 0 unspecified atom stereocenters. The van der Waals surface area contributed by atoms with Crippen molar-refractivity contribution in [3.8, 4) is 0 Å². The quantitative estimate of drug-likeness (QED) is 0.602. The number of carboxylic acid groups (broad SMARTS) is 1. The summed E-state index contributed by atoms with van der Waals surface area (Å²) in [5.74, 6) is -0.828. The molecule has 2 amide bonds. The van der Waals surface area contributed by atoms with Crippen molar-refractivity contribution >= 4 is 12.0 Å². The van der Waals surface area contributed by atoms with Crippen LogP contribution in [-0.4, -0.2) is 29.2 Å². The van der Waals surface area contributed by atoms with Crippen molar-refractivity contribution in [2.45, 2.75) is 51.0 Å². The third-order valence-corrected chi connectivity index (χ3v) is 3.22. The van der Waals surface area contributed by atoms with Crippen molar-refractivity contribution < 1.29 is 14.7 Å². The fourth-order valence-corrected chi connectivity index (χ4v) is 1.90. The highest BCUT2D eigenvalue weighted by Crippen LogP contribution is 2.34. The van der Waals surface area contributed by atoms with E-state index in [0.29, 0.717) is 13.0 Å². The first-order chi connectivity index (χ1) is 7.58. The van der Waals surface area contributed by atoms with Gasteiger partial charge in [0.05, 0.1) is 0 Å². The predicted molar refractivity (Wildman–Crippen MR) is 60.3 cm³/mol. The average Bonchev–Trinajstić information content (AvgIpc) is 2.18. The third-order valence-electron chi connectivity index (χ3n) is 3.22. The molecular formula is C11H20N2O3. The molecule has 1 fully saturated rings. The summed E-state index contributed by atoms with van der Waals surface area (Å²) in [5.41, 5.74) is -0.00309. The zero-order valence-corrected chi connectivity index (χ0v) is 9.71. The van der Waals surface area contributed by atoms with Crippen LogP contribution < -0.4 is 10.6 Å². The second-order valence-electron chi connectivity index (χ2n) is 4.37. The van der Waals surface area contributed by atoms with E-state index in [-0.39, 0.29) is 18.0 Å². The molecule has 0 heterocycles. The number of amides is 2. The van der Waals surface area contributed by atoms with Gasteiger partial charge in [-0.2, -0.15) is 0 Å². The van der Waals surface area contributed by atoms with Crippen molar-refractivity contribution in [2.24, 2.45) is 0 Å². The maximum absolute atomic E-state index is 11.5. The topological polar surface area (TPSA) is 78.4 Å². The number of aliphatic carboxylic acids is 1. The highest BCUT2D eigenvalue weighted by atomic mass is 16.4. The predicted octanol–water partition coefficient (Wildman–Crippen LogP) is 1.48. The number of rotatable bonds is 6. The van der Waals surface area contributed by atoms with Crippen LogP contribution >= 0.6 is 0 Å². The fourth-order valence-electron chi connectivity index (χ4n) is 1.90. The first kappa shape index (κ1) is 12.8. The summed E-state index contributed by atoms with van der Waals surface area (Å²) in [6.07, 6.45) is 4.79. The minimum Gasteiger partial charge on any atom is -0.481 e. The fraction of sp³-hybridized carbons (Fsp3) is 0.818. The van der Waals surface area contributed by atoms with Crippen LogP contribution in [0.15, 0.2) is 0 Å². The number of hydrogen-bond donors (Lipinski definition) is 3. The van der Waals surface area contributed by atoms with E-state index < -0.39 is 5.97 Å². The van der Waals surface area contributed by atoms with Gasteiger partial charge in [0.15, 0.2) is 0 Å². The highest BCUT2D eigenvalue weighted by molar-refractivity contribution is 5.75. The van der Waals surface area contributed by atoms with Gasteiger partial charge in [-0.3, -0.25) is 4.79 Å². The van der Waals surface area contributed by atoms with Gasteiger partial charge in [0.25, 0.3) is 0 Å². The first-order valence-corrected chi connectivity index (χ1v) is 5.86. The van der Waals surface area contributed by atoms with Crippen molar-refractivity contribution in [3.05, 3.63) is 0 Å². The molecule has 0 aromatic rings. The molecule has 0 bridgehead atoms. The van der Waals surface area contributed by atoms with Crippen LogP contribution in [0.5, 0.6) is 0 Å². The molecule has 1 aliphatic carbocycles. The summed E-state index contributed by atoms with van der Waals surface area (Å²) in [4.78, 5) is 21.7. The van der Waals surface area contributed by atoms with Crippen molar-refractivity contribution in [3.63, 3.8) is 0 Å². The number of urea groups is 1. The Kier molecular flexibility index (Phi) is 4.58. The number of hydrogen-bond acceptors (Lipinski definition) is 2. The Labute approximate surface area is 95.6 Å². The van der Waals surface area contributed by atoms with Crippen molar-refractivity contribution in [1.82, 2.24) is 10.6 Å². The smallest absolute Gasteiger partial charge is 0.315 e. The Hall–Kier alpha value is -1.26. The monoisotopic (exact) mass is 228 g/mol. The van der Waals surface area contributed by atoms with Gasteiger partial charge >= 0.3 is 12.0 Å². The maximum atomic E-state index is 11.5. The average molecular weight is 228 g/mol. The van der Waals surface area contributed by atoms with E-state index in [2.05, 4.69) is 17.6 Å². The molecule has 0 aromatic carbocycles. The molecule has 0 atom stereocenters. The van der Waals surface area contributed by atoms with Crippen LogP contribution in [-0.2, 0) is 4.79 Å². The number of carboxylic acids is 1. The van der Waals surface area contributed by atoms with Crippen molar-refractivity contribution in [2.75, 3.05) is 6.54 Å². The van der Waals surface area contributed by atoms with Gasteiger partial charge in [-0.1, -0.05) is 6.92 Å². The van der Waals surface area contributed by atoms with Crippen LogP contribution in [0, 0.1) is 0 Å². The third kappa shape index (κ3) is 3.72. The van der Waals surface area contributed by atoms with Gasteiger partial charge in [-0.15, -0.1) is 0 Å². The Balaban J connectivity index is 2.13. The van der Waals surface area contributed by atoms with Gasteiger partial charge in [0.1, 0.15) is 0 Å². The van der Waals surface area contributed by atoms with Crippen LogP contribution in [0.3, 0.4) is 0 Å². The molecule has 3 N–H and O–H groups in total. The normalized spacial score (nSPS) is 17.3. The van der Waals surface area contributed by atoms with Crippen LogP contribution in [0.25, 0.3) is 0 Å². The van der Waals surface area contributed by atoms with E-state index >= 15 is 0 Å². The van der Waals surface area contributed by atoms with Gasteiger partial charge in [0.2, 0.25) is 0 Å². The summed E-state index contributed by atoms with van der Waals surface area (Å²) < 4.78 is 0. The summed E-state index contributed by atoms with van der Waals surface area (Å²) in [6, 6.07) is -0.174. The van der Waals surface area contributed by atoms with E-state index in [0.717, 1.165) is 19.3 Å². The Morgan fingerprint density at radius 1 is 1.38 bits per heavy atom. The van der Waals surface area contributed by atoms with Gasteiger partial charge < -0.3 is 15.7 Å². The first-order valence-electron chi connectivity index (χ1n) is 5.86. The maximum Gasteiger partial charge on any atom is 0.315 e. The van der Waals surface area contributed by atoms with E-state index in [9.17, 15) is 9.59 Å². The summed E-state index contributed by atoms with van der Waals surface area (Å²) in [7, 11) is 0. The largest absolute Gasteiger partial charge is 0.481 e. The lowest BCUT2D eigenvalue weighted by atomic mass is 9.75. The van der Waals surface area contributed by atoms with E-state index in [4.69, 9.17) is 5.11 Å². The molecule has 92 valence electrons. The van der Waals surface area contributed by atoms with E-state index in [1.807, 2.05) is 0 Å². The van der Waals surface area contributed by atoms with Crippen LogP contribution in [0.2, 0.25) is 0 Å². The molecule has 1 saturated carbocycles. The minimum absolute atomic E-state index is 0.00309. The molecule has 0 spiro atoms. The molecule has 0 aliphatic heterocycles. The van der Waals surface area contributed by atoms with Crippen LogP contribution in [0.1, 0.15) is 45.4 Å². The SMILES string of the molecule is CCC1(NC(=O)NCCCC(=O)O)CCC1. The molecular weight excluding hydrogens is 208 g/mol. The molecule has 0 aromatic heterocycles. The lowest BCUT2D eigenvalue weighted by Crippen LogP contribution is -2.55. The summed E-state index contributed by atoms with van der Waals surface area (Å²) >= 11 is 0. The lowest BCUT2D eigenvalue weighted by molar-refractivity contribution is -0.137. The summed E-state index contributed by atoms with van der Waals surface area (Å²) in [6.45, 7) is 2.49. The molecule has 5 nitrogen and oxygen atoms in total.